The maximum Gasteiger partial charge on any atom is 0.329 e. The van der Waals surface area contributed by atoms with Gasteiger partial charge in [0.05, 0.1) is 0 Å². The number of aromatic amines is 1. The molecule has 1 aromatic heterocycles. The molecule has 0 radical (unpaired) electrons. The second-order valence-electron chi connectivity index (χ2n) is 2.59. The van der Waals surface area contributed by atoms with Gasteiger partial charge in [-0.25, -0.2) is 4.79 Å². The molecule has 0 aliphatic rings. The zero-order valence-corrected chi connectivity index (χ0v) is 6.16. The van der Waals surface area contributed by atoms with Crippen LogP contribution in [0.2, 0.25) is 0 Å². The summed E-state index contributed by atoms with van der Waals surface area (Å²) in [5.41, 5.74) is 4.68. The van der Waals surface area contributed by atoms with Crippen LogP contribution in [-0.4, -0.2) is 16.1 Å². The van der Waals surface area contributed by atoms with E-state index in [4.69, 9.17) is 10.8 Å². The standard InChI is InChI=1S/C7H10N2O2/c1-7(8,6(10)11)5-3-2-4-9-5/h2-4,9H,8H2,1H3,(H,10,11)/t7-/m0/s1. The molecule has 4 nitrogen and oxygen atoms in total. The third-order valence-corrected chi connectivity index (χ3v) is 1.60. The van der Waals surface area contributed by atoms with Crippen LogP contribution in [-0.2, 0) is 10.3 Å². The Morgan fingerprint density at radius 2 is 2.45 bits per heavy atom. The van der Waals surface area contributed by atoms with E-state index in [0.717, 1.165) is 0 Å². The molecular formula is C7H10N2O2. The van der Waals surface area contributed by atoms with E-state index in [-0.39, 0.29) is 0 Å². The van der Waals surface area contributed by atoms with Crippen LogP contribution in [0.3, 0.4) is 0 Å². The third-order valence-electron chi connectivity index (χ3n) is 1.60. The number of carboxylic acids is 1. The van der Waals surface area contributed by atoms with Crippen molar-refractivity contribution in [1.82, 2.24) is 4.98 Å². The number of hydrogen-bond donors (Lipinski definition) is 3. The molecule has 0 unspecified atom stereocenters. The first-order valence-corrected chi connectivity index (χ1v) is 3.21. The summed E-state index contributed by atoms with van der Waals surface area (Å²) in [6, 6.07) is 3.36. The predicted molar refractivity (Wildman–Crippen MR) is 40.0 cm³/mol. The minimum Gasteiger partial charge on any atom is -0.480 e. The van der Waals surface area contributed by atoms with Crippen molar-refractivity contribution in [2.75, 3.05) is 0 Å². The first kappa shape index (κ1) is 7.81. The highest BCUT2D eigenvalue weighted by Crippen LogP contribution is 2.14. The molecule has 11 heavy (non-hydrogen) atoms. The van der Waals surface area contributed by atoms with Crippen molar-refractivity contribution in [3.8, 4) is 0 Å². The SMILES string of the molecule is C[C@@](N)(C(=O)O)c1ccc[nH]1. The van der Waals surface area contributed by atoms with Gasteiger partial charge in [0.1, 0.15) is 0 Å². The number of nitrogens with two attached hydrogens (primary N) is 1. The maximum absolute atomic E-state index is 10.6. The van der Waals surface area contributed by atoms with E-state index < -0.39 is 11.5 Å². The molecule has 1 aromatic rings. The van der Waals surface area contributed by atoms with Gasteiger partial charge in [0.15, 0.2) is 5.54 Å². The Labute approximate surface area is 64.0 Å². The van der Waals surface area contributed by atoms with Crippen LogP contribution in [0.15, 0.2) is 18.3 Å². The molecule has 1 atom stereocenters. The van der Waals surface area contributed by atoms with E-state index in [1.54, 1.807) is 18.3 Å². The zero-order valence-electron chi connectivity index (χ0n) is 6.16. The fraction of sp³-hybridized carbons (Fsp3) is 0.286. The first-order valence-electron chi connectivity index (χ1n) is 3.21. The lowest BCUT2D eigenvalue weighted by atomic mass is 10.0. The molecule has 4 heteroatoms. The molecule has 0 saturated heterocycles. The average molecular weight is 154 g/mol. The highest BCUT2D eigenvalue weighted by atomic mass is 16.4. The summed E-state index contributed by atoms with van der Waals surface area (Å²) in [6.45, 7) is 1.45. The second kappa shape index (κ2) is 2.39. The number of carboxylic acid groups (broad SMARTS) is 1. The Kier molecular flexibility index (Phi) is 1.70. The van der Waals surface area contributed by atoms with E-state index in [2.05, 4.69) is 4.98 Å². The fourth-order valence-corrected chi connectivity index (χ4v) is 0.769. The quantitative estimate of drug-likeness (QED) is 0.572. The topological polar surface area (TPSA) is 79.1 Å². The van der Waals surface area contributed by atoms with E-state index in [9.17, 15) is 4.79 Å². The van der Waals surface area contributed by atoms with Gasteiger partial charge in [0, 0.05) is 11.9 Å². The van der Waals surface area contributed by atoms with Crippen LogP contribution in [0.1, 0.15) is 12.6 Å². The second-order valence-corrected chi connectivity index (χ2v) is 2.59. The molecule has 0 aliphatic heterocycles. The van der Waals surface area contributed by atoms with E-state index >= 15 is 0 Å². The monoisotopic (exact) mass is 154 g/mol. The van der Waals surface area contributed by atoms with Gasteiger partial charge < -0.3 is 15.8 Å². The average Bonchev–Trinajstić information content (AvgIpc) is 2.37. The van der Waals surface area contributed by atoms with Crippen molar-refractivity contribution in [1.29, 1.82) is 0 Å². The van der Waals surface area contributed by atoms with Gasteiger partial charge in [-0.1, -0.05) is 0 Å². The van der Waals surface area contributed by atoms with E-state index in [1.165, 1.54) is 6.92 Å². The van der Waals surface area contributed by atoms with Crippen molar-refractivity contribution < 1.29 is 9.90 Å². The fourth-order valence-electron chi connectivity index (χ4n) is 0.769. The van der Waals surface area contributed by atoms with E-state index in [0.29, 0.717) is 5.69 Å². The molecule has 0 amide bonds. The summed E-state index contributed by atoms with van der Waals surface area (Å²) in [7, 11) is 0. The number of nitrogens with one attached hydrogen (secondary N) is 1. The van der Waals surface area contributed by atoms with Crippen molar-refractivity contribution in [3.63, 3.8) is 0 Å². The van der Waals surface area contributed by atoms with Gasteiger partial charge in [-0.3, -0.25) is 0 Å². The third kappa shape index (κ3) is 1.25. The number of H-pyrrole nitrogens is 1. The van der Waals surface area contributed by atoms with Crippen molar-refractivity contribution in [2.24, 2.45) is 5.73 Å². The smallest absolute Gasteiger partial charge is 0.329 e. The zero-order chi connectivity index (χ0) is 8.48. The summed E-state index contributed by atoms with van der Waals surface area (Å²) >= 11 is 0. The summed E-state index contributed by atoms with van der Waals surface area (Å²) in [5.74, 6) is -1.04. The first-order chi connectivity index (χ1) is 5.05. The lowest BCUT2D eigenvalue weighted by Crippen LogP contribution is -2.41. The van der Waals surface area contributed by atoms with Crippen molar-refractivity contribution in [2.45, 2.75) is 12.5 Å². The normalized spacial score (nSPS) is 15.8. The summed E-state index contributed by atoms with van der Waals surface area (Å²) in [4.78, 5) is 13.3. The Morgan fingerprint density at radius 3 is 2.82 bits per heavy atom. The Bertz CT molecular complexity index is 251. The van der Waals surface area contributed by atoms with E-state index in [1.807, 2.05) is 0 Å². The summed E-state index contributed by atoms with van der Waals surface area (Å²) in [6.07, 6.45) is 1.64. The molecule has 1 heterocycles. The molecular weight excluding hydrogens is 144 g/mol. The number of aromatic nitrogens is 1. The number of carbonyl (C=O) groups is 1. The highest BCUT2D eigenvalue weighted by molar-refractivity contribution is 5.79. The Balaban J connectivity index is 3.00. The summed E-state index contributed by atoms with van der Waals surface area (Å²) < 4.78 is 0. The number of rotatable bonds is 2. The van der Waals surface area contributed by atoms with Crippen LogP contribution < -0.4 is 5.73 Å². The van der Waals surface area contributed by atoms with Gasteiger partial charge in [0.25, 0.3) is 0 Å². The van der Waals surface area contributed by atoms with Crippen LogP contribution >= 0.6 is 0 Å². The molecule has 0 fully saturated rings. The molecule has 0 spiro atoms. The molecule has 60 valence electrons. The minimum absolute atomic E-state index is 0.505. The number of hydrogen-bond acceptors (Lipinski definition) is 2. The maximum atomic E-state index is 10.6. The molecule has 0 aliphatic carbocycles. The van der Waals surface area contributed by atoms with Crippen LogP contribution in [0.25, 0.3) is 0 Å². The number of aliphatic carboxylic acids is 1. The molecule has 0 bridgehead atoms. The Hall–Kier alpha value is -1.29. The Morgan fingerprint density at radius 1 is 1.82 bits per heavy atom. The molecule has 1 rings (SSSR count). The van der Waals surface area contributed by atoms with Gasteiger partial charge in [0.2, 0.25) is 0 Å². The highest BCUT2D eigenvalue weighted by Gasteiger charge is 2.30. The molecule has 0 aromatic carbocycles. The predicted octanol–water partition coefficient (Wildman–Crippen LogP) is 0.273. The molecule has 0 saturated carbocycles. The van der Waals surface area contributed by atoms with Gasteiger partial charge in [-0.05, 0) is 19.1 Å². The summed E-state index contributed by atoms with van der Waals surface area (Å²) in [5, 5.41) is 8.67. The minimum atomic E-state index is -1.32. The largest absolute Gasteiger partial charge is 0.480 e. The van der Waals surface area contributed by atoms with Gasteiger partial charge in [-0.15, -0.1) is 0 Å². The lowest BCUT2D eigenvalue weighted by Gasteiger charge is -2.16. The lowest BCUT2D eigenvalue weighted by molar-refractivity contribution is -0.143. The van der Waals surface area contributed by atoms with Gasteiger partial charge >= 0.3 is 5.97 Å². The van der Waals surface area contributed by atoms with Crippen molar-refractivity contribution >= 4 is 5.97 Å². The van der Waals surface area contributed by atoms with Crippen LogP contribution in [0.4, 0.5) is 0 Å². The molecule has 4 N–H and O–H groups in total. The van der Waals surface area contributed by atoms with Crippen molar-refractivity contribution in [3.05, 3.63) is 24.0 Å². The van der Waals surface area contributed by atoms with Gasteiger partial charge in [-0.2, -0.15) is 0 Å². The van der Waals surface area contributed by atoms with Crippen LogP contribution in [0, 0.1) is 0 Å². The van der Waals surface area contributed by atoms with Crippen LogP contribution in [0.5, 0.6) is 0 Å².